The van der Waals surface area contributed by atoms with Gasteiger partial charge in [-0.2, -0.15) is 0 Å². The number of imide groups is 1. The number of fused-ring (bicyclic) bond motifs is 1. The first-order valence-electron chi connectivity index (χ1n) is 7.84. The minimum Gasteiger partial charge on any atom is -0.624 e. The molecule has 0 saturated heterocycles. The van der Waals surface area contributed by atoms with Crippen LogP contribution in [0.25, 0.3) is 0 Å². The van der Waals surface area contributed by atoms with Crippen LogP contribution in [0, 0.1) is 5.21 Å². The normalized spacial score (nSPS) is 14.6. The van der Waals surface area contributed by atoms with Crippen molar-refractivity contribution in [1.29, 1.82) is 0 Å². The Kier molecular flexibility index (Phi) is 4.42. The van der Waals surface area contributed by atoms with E-state index >= 15 is 0 Å². The number of hydrogen-bond acceptors (Lipinski definition) is 3. The van der Waals surface area contributed by atoms with Crippen LogP contribution in [0.3, 0.4) is 0 Å². The van der Waals surface area contributed by atoms with Gasteiger partial charge >= 0.3 is 0 Å². The highest BCUT2D eigenvalue weighted by Gasteiger charge is 2.34. The monoisotopic (exact) mass is 322 g/mol. The van der Waals surface area contributed by atoms with Gasteiger partial charge in [-0.25, -0.2) is 4.74 Å². The Labute approximate surface area is 140 Å². The third kappa shape index (κ3) is 3.06. The lowest BCUT2D eigenvalue weighted by molar-refractivity contribution is -0.476. The second-order valence-electron chi connectivity index (χ2n) is 5.82. The van der Waals surface area contributed by atoms with Crippen LogP contribution in [0.1, 0.15) is 39.6 Å². The number of hydrogen-bond donors (Lipinski definition) is 0. The molecule has 3 rings (SSSR count). The second-order valence-corrected chi connectivity index (χ2v) is 5.82. The summed E-state index contributed by atoms with van der Waals surface area (Å²) in [6.45, 7) is 2.20. The molecule has 1 aliphatic heterocycles. The van der Waals surface area contributed by atoms with E-state index in [2.05, 4.69) is 0 Å². The number of hydroxylamine groups is 1. The van der Waals surface area contributed by atoms with Gasteiger partial charge in [-0.05, 0) is 12.1 Å². The van der Waals surface area contributed by atoms with Crippen LogP contribution in [-0.2, 0) is 6.54 Å². The Bertz CT molecular complexity index is 777. The Hall–Kier alpha value is -2.95. The molecule has 0 spiro atoms. The lowest BCUT2D eigenvalue weighted by atomic mass is 10.1. The van der Waals surface area contributed by atoms with Gasteiger partial charge < -0.3 is 5.21 Å². The highest BCUT2D eigenvalue weighted by atomic mass is 16.5. The van der Waals surface area contributed by atoms with E-state index in [1.54, 1.807) is 31.2 Å². The quantitative estimate of drug-likeness (QED) is 0.279. The van der Waals surface area contributed by atoms with Crippen molar-refractivity contribution in [3.05, 3.63) is 76.5 Å². The molecule has 0 bridgehead atoms. The summed E-state index contributed by atoms with van der Waals surface area (Å²) in [5.41, 5.74) is 2.38. The summed E-state index contributed by atoms with van der Waals surface area (Å²) in [7, 11) is 0. The Balaban J connectivity index is 1.67. The Morgan fingerprint density at radius 1 is 0.958 bits per heavy atom. The van der Waals surface area contributed by atoms with Gasteiger partial charge in [0.1, 0.15) is 0 Å². The van der Waals surface area contributed by atoms with Gasteiger partial charge in [-0.15, -0.1) is 0 Å². The number of carbonyl (C=O) groups is 2. The Morgan fingerprint density at radius 2 is 1.50 bits per heavy atom. The zero-order chi connectivity index (χ0) is 17.1. The van der Waals surface area contributed by atoms with Crippen LogP contribution in [0.15, 0.2) is 54.6 Å². The van der Waals surface area contributed by atoms with Crippen molar-refractivity contribution in [1.82, 2.24) is 4.90 Å². The molecule has 0 saturated carbocycles. The van der Waals surface area contributed by atoms with Gasteiger partial charge in [0.05, 0.1) is 11.1 Å². The highest BCUT2D eigenvalue weighted by Crippen LogP contribution is 2.22. The molecule has 0 unspecified atom stereocenters. The summed E-state index contributed by atoms with van der Waals surface area (Å²) in [5, 5.41) is 12.2. The SMILES string of the molecule is C/C(CCN1C(=O)c2ccccc2C1=O)=[N+](\[O-])Cc1ccccc1. The minimum atomic E-state index is -0.288. The molecule has 1 aliphatic rings. The maximum atomic E-state index is 12.3. The van der Waals surface area contributed by atoms with Crippen molar-refractivity contribution < 1.29 is 14.3 Å². The van der Waals surface area contributed by atoms with Crippen molar-refractivity contribution >= 4 is 17.5 Å². The van der Waals surface area contributed by atoms with E-state index in [-0.39, 0.29) is 24.9 Å². The van der Waals surface area contributed by atoms with E-state index in [1.165, 1.54) is 4.90 Å². The van der Waals surface area contributed by atoms with Gasteiger partial charge in [-0.1, -0.05) is 42.5 Å². The number of carbonyl (C=O) groups excluding carboxylic acids is 2. The van der Waals surface area contributed by atoms with E-state index in [0.29, 0.717) is 23.3 Å². The fraction of sp³-hybridized carbons (Fsp3) is 0.211. The maximum Gasteiger partial charge on any atom is 0.261 e. The Morgan fingerprint density at radius 3 is 2.08 bits per heavy atom. The summed E-state index contributed by atoms with van der Waals surface area (Å²) in [4.78, 5) is 25.8. The van der Waals surface area contributed by atoms with Crippen molar-refractivity contribution in [2.45, 2.75) is 19.9 Å². The van der Waals surface area contributed by atoms with Crippen molar-refractivity contribution in [3.8, 4) is 0 Å². The third-order valence-corrected chi connectivity index (χ3v) is 4.17. The largest absolute Gasteiger partial charge is 0.624 e. The van der Waals surface area contributed by atoms with E-state index in [1.807, 2.05) is 30.3 Å². The molecule has 0 aromatic heterocycles. The molecular weight excluding hydrogens is 304 g/mol. The summed E-state index contributed by atoms with van der Waals surface area (Å²) in [5.74, 6) is -0.576. The number of benzene rings is 2. The molecule has 2 amide bonds. The first-order chi connectivity index (χ1) is 11.6. The van der Waals surface area contributed by atoms with Crippen molar-refractivity contribution in [2.24, 2.45) is 0 Å². The molecule has 5 nitrogen and oxygen atoms in total. The summed E-state index contributed by atoms with van der Waals surface area (Å²) >= 11 is 0. The predicted molar refractivity (Wildman–Crippen MR) is 90.9 cm³/mol. The standard InChI is InChI=1S/C19H18N2O3/c1-14(21(24)13-15-7-3-2-4-8-15)11-12-20-18(22)16-9-5-6-10-17(16)19(20)23/h2-10H,11-13H2,1H3/b21-14+. The fourth-order valence-electron chi connectivity index (χ4n) is 2.72. The molecule has 0 aliphatic carbocycles. The van der Waals surface area contributed by atoms with Gasteiger partial charge in [0.15, 0.2) is 12.3 Å². The lowest BCUT2D eigenvalue weighted by Crippen LogP contribution is -2.32. The smallest absolute Gasteiger partial charge is 0.261 e. The molecule has 5 heteroatoms. The van der Waals surface area contributed by atoms with Gasteiger partial charge in [0, 0.05) is 25.5 Å². The zero-order valence-corrected chi connectivity index (χ0v) is 13.4. The minimum absolute atomic E-state index is 0.214. The average molecular weight is 322 g/mol. The average Bonchev–Trinajstić information content (AvgIpc) is 2.85. The van der Waals surface area contributed by atoms with Crippen LogP contribution in [-0.4, -0.2) is 33.7 Å². The summed E-state index contributed by atoms with van der Waals surface area (Å²) in [6, 6.07) is 16.2. The molecule has 2 aromatic carbocycles. The molecule has 122 valence electrons. The maximum absolute atomic E-state index is 12.3. The van der Waals surface area contributed by atoms with Crippen LogP contribution in [0.5, 0.6) is 0 Å². The van der Waals surface area contributed by atoms with Crippen molar-refractivity contribution in [2.75, 3.05) is 6.54 Å². The lowest BCUT2D eigenvalue weighted by Gasteiger charge is -2.14. The first-order valence-corrected chi connectivity index (χ1v) is 7.84. The molecule has 0 N–H and O–H groups in total. The molecule has 0 radical (unpaired) electrons. The fourth-order valence-corrected chi connectivity index (χ4v) is 2.72. The summed E-state index contributed by atoms with van der Waals surface area (Å²) in [6.07, 6.45) is 0.363. The van der Waals surface area contributed by atoms with Gasteiger partial charge in [0.2, 0.25) is 0 Å². The highest BCUT2D eigenvalue weighted by molar-refractivity contribution is 6.21. The predicted octanol–water partition coefficient (Wildman–Crippen LogP) is 2.84. The molecular formula is C19H18N2O3. The topological polar surface area (TPSA) is 63.5 Å². The number of amides is 2. The van der Waals surface area contributed by atoms with Crippen LogP contribution >= 0.6 is 0 Å². The van der Waals surface area contributed by atoms with E-state index in [0.717, 1.165) is 10.3 Å². The second kappa shape index (κ2) is 6.66. The number of rotatable bonds is 5. The molecule has 24 heavy (non-hydrogen) atoms. The van der Waals surface area contributed by atoms with Crippen LogP contribution in [0.4, 0.5) is 0 Å². The third-order valence-electron chi connectivity index (χ3n) is 4.17. The van der Waals surface area contributed by atoms with Crippen LogP contribution in [0.2, 0.25) is 0 Å². The van der Waals surface area contributed by atoms with Crippen LogP contribution < -0.4 is 0 Å². The van der Waals surface area contributed by atoms with Gasteiger partial charge in [-0.3, -0.25) is 14.5 Å². The summed E-state index contributed by atoms with van der Waals surface area (Å²) < 4.78 is 0.910. The molecule has 2 aromatic rings. The number of nitrogens with zero attached hydrogens (tertiary/aromatic N) is 2. The zero-order valence-electron chi connectivity index (χ0n) is 13.4. The first kappa shape index (κ1) is 15.9. The van der Waals surface area contributed by atoms with E-state index in [4.69, 9.17) is 0 Å². The molecule has 0 fully saturated rings. The van der Waals surface area contributed by atoms with Crippen molar-refractivity contribution in [3.63, 3.8) is 0 Å². The van der Waals surface area contributed by atoms with E-state index < -0.39 is 0 Å². The molecule has 0 atom stereocenters. The molecule has 1 heterocycles. The van der Waals surface area contributed by atoms with Gasteiger partial charge in [0.25, 0.3) is 11.8 Å². The van der Waals surface area contributed by atoms with E-state index in [9.17, 15) is 14.8 Å².